The molecule has 1 saturated heterocycles. The third-order valence-electron chi connectivity index (χ3n) is 4.69. The molecule has 8 heteroatoms. The Morgan fingerprint density at radius 3 is 2.96 bits per heavy atom. The molecule has 1 aliphatic rings. The number of pyridine rings is 2. The number of piperidine rings is 1. The molecule has 0 bridgehead atoms. The number of hydrogen-bond donors (Lipinski definition) is 2. The fourth-order valence-corrected chi connectivity index (χ4v) is 3.24. The lowest BCUT2D eigenvalue weighted by atomic mass is 9.96. The van der Waals surface area contributed by atoms with E-state index in [0.29, 0.717) is 41.3 Å². The molecule has 0 aliphatic carbocycles. The first kappa shape index (κ1) is 17.5. The number of rotatable bonds is 5. The predicted molar refractivity (Wildman–Crippen MR) is 102 cm³/mol. The lowest BCUT2D eigenvalue weighted by Gasteiger charge is -2.30. The van der Waals surface area contributed by atoms with Crippen LogP contribution in [0.1, 0.15) is 12.8 Å². The first-order valence-corrected chi connectivity index (χ1v) is 8.92. The van der Waals surface area contributed by atoms with Crippen molar-refractivity contribution in [2.75, 3.05) is 32.1 Å². The smallest absolute Gasteiger partial charge is 0.155 e. The zero-order valence-electron chi connectivity index (χ0n) is 15.1. The zero-order valence-corrected chi connectivity index (χ0v) is 15.1. The molecule has 0 radical (unpaired) electrons. The van der Waals surface area contributed by atoms with E-state index in [0.717, 1.165) is 18.5 Å². The Morgan fingerprint density at radius 2 is 2.15 bits per heavy atom. The van der Waals surface area contributed by atoms with E-state index in [1.54, 1.807) is 31.9 Å². The van der Waals surface area contributed by atoms with Crippen LogP contribution in [0.3, 0.4) is 0 Å². The molecule has 0 spiro atoms. The average molecular weight is 368 g/mol. The fourth-order valence-electron chi connectivity index (χ4n) is 3.24. The SMILES string of the molecule is COc1cncc(-c2cc3nccnc3c(NCC3(F)CCCNC3)n2)c1. The summed E-state index contributed by atoms with van der Waals surface area (Å²) in [5.74, 6) is 1.15. The monoisotopic (exact) mass is 368 g/mol. The number of nitrogens with zero attached hydrogens (tertiary/aromatic N) is 4. The van der Waals surface area contributed by atoms with Gasteiger partial charge in [-0.2, -0.15) is 0 Å². The van der Waals surface area contributed by atoms with E-state index in [9.17, 15) is 4.39 Å². The van der Waals surface area contributed by atoms with E-state index in [4.69, 9.17) is 4.74 Å². The van der Waals surface area contributed by atoms with Crippen molar-refractivity contribution in [1.82, 2.24) is 25.3 Å². The summed E-state index contributed by atoms with van der Waals surface area (Å²) in [6.07, 6.45) is 7.92. The van der Waals surface area contributed by atoms with Crippen LogP contribution in [0.25, 0.3) is 22.3 Å². The van der Waals surface area contributed by atoms with Gasteiger partial charge in [-0.25, -0.2) is 14.4 Å². The van der Waals surface area contributed by atoms with Gasteiger partial charge in [-0.3, -0.25) is 9.97 Å². The standard InChI is InChI=1S/C19H21FN6O/c1-27-14-7-13(9-22-10-14)15-8-16-17(24-6-5-23-16)18(26-15)25-12-19(20)3-2-4-21-11-19/h5-10,21H,2-4,11-12H2,1H3,(H,25,26). The van der Waals surface area contributed by atoms with E-state index in [-0.39, 0.29) is 6.54 Å². The molecule has 4 rings (SSSR count). The van der Waals surface area contributed by atoms with Gasteiger partial charge in [0.25, 0.3) is 0 Å². The summed E-state index contributed by atoms with van der Waals surface area (Å²) in [6, 6.07) is 3.69. The van der Waals surface area contributed by atoms with Gasteiger partial charge in [0.1, 0.15) is 16.9 Å². The third-order valence-corrected chi connectivity index (χ3v) is 4.69. The molecular weight excluding hydrogens is 347 g/mol. The van der Waals surface area contributed by atoms with E-state index >= 15 is 0 Å². The number of ether oxygens (including phenoxy) is 1. The number of hydrogen-bond acceptors (Lipinski definition) is 7. The second-order valence-corrected chi connectivity index (χ2v) is 6.68. The summed E-state index contributed by atoms with van der Waals surface area (Å²) in [5, 5.41) is 6.27. The van der Waals surface area contributed by atoms with Crippen molar-refractivity contribution in [3.8, 4) is 17.0 Å². The minimum absolute atomic E-state index is 0.165. The molecule has 3 aromatic heterocycles. The number of methoxy groups -OCH3 is 1. The second-order valence-electron chi connectivity index (χ2n) is 6.68. The lowest BCUT2D eigenvalue weighted by Crippen LogP contribution is -2.46. The largest absolute Gasteiger partial charge is 0.495 e. The molecule has 27 heavy (non-hydrogen) atoms. The van der Waals surface area contributed by atoms with Gasteiger partial charge in [0.2, 0.25) is 0 Å². The number of halogens is 1. The molecule has 4 heterocycles. The van der Waals surface area contributed by atoms with Crippen molar-refractivity contribution in [2.45, 2.75) is 18.5 Å². The van der Waals surface area contributed by atoms with Crippen LogP contribution in [0.2, 0.25) is 0 Å². The Balaban J connectivity index is 1.70. The van der Waals surface area contributed by atoms with Gasteiger partial charge >= 0.3 is 0 Å². The normalized spacial score (nSPS) is 19.8. The highest BCUT2D eigenvalue weighted by molar-refractivity contribution is 5.88. The van der Waals surface area contributed by atoms with Gasteiger partial charge in [0, 0.05) is 30.7 Å². The molecule has 1 fully saturated rings. The van der Waals surface area contributed by atoms with Gasteiger partial charge < -0.3 is 15.4 Å². The van der Waals surface area contributed by atoms with Crippen molar-refractivity contribution >= 4 is 16.9 Å². The summed E-state index contributed by atoms with van der Waals surface area (Å²) in [7, 11) is 1.59. The quantitative estimate of drug-likeness (QED) is 0.716. The van der Waals surface area contributed by atoms with Gasteiger partial charge in [-0.05, 0) is 31.5 Å². The second kappa shape index (κ2) is 7.40. The van der Waals surface area contributed by atoms with Crippen LogP contribution < -0.4 is 15.4 Å². The highest BCUT2D eigenvalue weighted by atomic mass is 19.1. The summed E-state index contributed by atoms with van der Waals surface area (Å²) < 4.78 is 20.2. The van der Waals surface area contributed by atoms with Gasteiger partial charge in [0.05, 0.1) is 31.1 Å². The van der Waals surface area contributed by atoms with Gasteiger partial charge in [0.15, 0.2) is 5.82 Å². The third kappa shape index (κ3) is 3.80. The molecule has 2 N–H and O–H groups in total. The van der Waals surface area contributed by atoms with Gasteiger partial charge in [-0.15, -0.1) is 0 Å². The topological polar surface area (TPSA) is 84.9 Å². The molecule has 0 saturated carbocycles. The Bertz CT molecular complexity index is 944. The van der Waals surface area contributed by atoms with Crippen molar-refractivity contribution in [2.24, 2.45) is 0 Å². The molecule has 1 atom stereocenters. The minimum Gasteiger partial charge on any atom is -0.495 e. The van der Waals surface area contributed by atoms with Crippen LogP contribution in [0, 0.1) is 0 Å². The molecule has 1 unspecified atom stereocenters. The number of alkyl halides is 1. The Morgan fingerprint density at radius 1 is 1.26 bits per heavy atom. The number of aromatic nitrogens is 4. The van der Waals surface area contributed by atoms with Crippen molar-refractivity contribution in [3.05, 3.63) is 36.9 Å². The molecule has 0 aromatic carbocycles. The van der Waals surface area contributed by atoms with Crippen LogP contribution in [0.5, 0.6) is 5.75 Å². The molecular formula is C19H21FN6O. The summed E-state index contributed by atoms with van der Waals surface area (Å²) >= 11 is 0. The highest BCUT2D eigenvalue weighted by Gasteiger charge is 2.31. The Hall–Kier alpha value is -2.87. The number of nitrogens with one attached hydrogen (secondary N) is 2. The zero-order chi connectivity index (χ0) is 18.7. The predicted octanol–water partition coefficient (Wildman–Crippen LogP) is 2.60. The van der Waals surface area contributed by atoms with E-state index in [1.165, 1.54) is 0 Å². The number of fused-ring (bicyclic) bond motifs is 1. The van der Waals surface area contributed by atoms with Crippen LogP contribution in [-0.2, 0) is 0 Å². The summed E-state index contributed by atoms with van der Waals surface area (Å²) in [5.41, 5.74) is 1.46. The first-order chi connectivity index (χ1) is 13.2. The summed E-state index contributed by atoms with van der Waals surface area (Å²) in [4.78, 5) is 17.6. The maximum atomic E-state index is 15.0. The Labute approximate surface area is 156 Å². The van der Waals surface area contributed by atoms with E-state index in [2.05, 4.69) is 30.6 Å². The Kier molecular flexibility index (Phi) is 4.81. The van der Waals surface area contributed by atoms with Crippen LogP contribution >= 0.6 is 0 Å². The number of anilines is 1. The molecule has 0 amide bonds. The average Bonchev–Trinajstić information content (AvgIpc) is 2.72. The molecule has 1 aliphatic heterocycles. The first-order valence-electron chi connectivity index (χ1n) is 8.92. The van der Waals surface area contributed by atoms with Crippen molar-refractivity contribution in [1.29, 1.82) is 0 Å². The molecule has 7 nitrogen and oxygen atoms in total. The van der Waals surface area contributed by atoms with Crippen LogP contribution in [0.4, 0.5) is 10.2 Å². The van der Waals surface area contributed by atoms with E-state index < -0.39 is 5.67 Å². The van der Waals surface area contributed by atoms with E-state index in [1.807, 2.05) is 12.1 Å². The lowest BCUT2D eigenvalue weighted by molar-refractivity contribution is 0.137. The maximum Gasteiger partial charge on any atom is 0.155 e. The minimum atomic E-state index is -1.30. The fraction of sp³-hybridized carbons (Fsp3) is 0.368. The summed E-state index contributed by atoms with van der Waals surface area (Å²) in [6.45, 7) is 1.36. The van der Waals surface area contributed by atoms with Crippen LogP contribution in [0.15, 0.2) is 36.9 Å². The van der Waals surface area contributed by atoms with Gasteiger partial charge in [-0.1, -0.05) is 0 Å². The maximum absolute atomic E-state index is 15.0. The van der Waals surface area contributed by atoms with Crippen molar-refractivity contribution < 1.29 is 9.13 Å². The van der Waals surface area contributed by atoms with Crippen molar-refractivity contribution in [3.63, 3.8) is 0 Å². The molecule has 3 aromatic rings. The highest BCUT2D eigenvalue weighted by Crippen LogP contribution is 2.28. The molecule has 140 valence electrons. The van der Waals surface area contributed by atoms with Crippen LogP contribution in [-0.4, -0.2) is 52.3 Å².